The maximum absolute atomic E-state index is 11.6. The lowest BCUT2D eigenvalue weighted by Crippen LogP contribution is -2.14. The Hall–Kier alpha value is -2.50. The maximum atomic E-state index is 11.6. The van der Waals surface area contributed by atoms with Crippen molar-refractivity contribution in [3.63, 3.8) is 0 Å². The number of carbonyl (C=O) groups is 2. The van der Waals surface area contributed by atoms with Crippen molar-refractivity contribution in [3.8, 4) is 11.5 Å². The summed E-state index contributed by atoms with van der Waals surface area (Å²) < 4.78 is 0. The van der Waals surface area contributed by atoms with E-state index in [0.29, 0.717) is 0 Å². The van der Waals surface area contributed by atoms with E-state index in [1.165, 1.54) is 7.05 Å². The monoisotopic (exact) mass is 234 g/mol. The molecule has 2 rings (SSSR count). The molecule has 1 aliphatic rings. The fourth-order valence-corrected chi connectivity index (χ4v) is 1.79. The Morgan fingerprint density at radius 1 is 1.06 bits per heavy atom. The number of benzene rings is 1. The minimum Gasteiger partial charge on any atom is -0.505 e. The first-order valence-corrected chi connectivity index (χ1v) is 4.80. The average molecular weight is 234 g/mol. The van der Waals surface area contributed by atoms with Crippen LogP contribution in [-0.2, 0) is 0 Å². The van der Waals surface area contributed by atoms with Crippen LogP contribution >= 0.6 is 0 Å². The lowest BCUT2D eigenvalue weighted by atomic mass is 9.91. The SMILES string of the molecule is CNc1c(N)c(O)c2c(c1O)C(=O)C=CC2=O. The fraction of sp³-hybridized carbons (Fsp3) is 0.0909. The largest absolute Gasteiger partial charge is 0.505 e. The third-order valence-electron chi connectivity index (χ3n) is 2.61. The van der Waals surface area contributed by atoms with E-state index in [4.69, 9.17) is 5.73 Å². The van der Waals surface area contributed by atoms with E-state index in [2.05, 4.69) is 5.32 Å². The molecule has 6 heteroatoms. The number of rotatable bonds is 1. The minimum absolute atomic E-state index is 0.0256. The molecule has 0 fully saturated rings. The van der Waals surface area contributed by atoms with Crippen molar-refractivity contribution in [1.82, 2.24) is 0 Å². The topological polar surface area (TPSA) is 113 Å². The molecule has 1 aromatic rings. The van der Waals surface area contributed by atoms with E-state index >= 15 is 0 Å². The van der Waals surface area contributed by atoms with Gasteiger partial charge in [0, 0.05) is 7.05 Å². The molecule has 0 atom stereocenters. The van der Waals surface area contributed by atoms with Gasteiger partial charge in [0.05, 0.1) is 11.1 Å². The van der Waals surface area contributed by atoms with Crippen LogP contribution in [-0.4, -0.2) is 28.8 Å². The van der Waals surface area contributed by atoms with Crippen LogP contribution in [0, 0.1) is 0 Å². The second-order valence-corrected chi connectivity index (χ2v) is 3.55. The summed E-state index contributed by atoms with van der Waals surface area (Å²) in [6.07, 6.45) is 2.07. The fourth-order valence-electron chi connectivity index (χ4n) is 1.79. The molecule has 6 nitrogen and oxygen atoms in total. The third kappa shape index (κ3) is 1.34. The normalized spacial score (nSPS) is 13.7. The summed E-state index contributed by atoms with van der Waals surface area (Å²) in [5, 5.41) is 22.2. The highest BCUT2D eigenvalue weighted by Gasteiger charge is 2.30. The highest BCUT2D eigenvalue weighted by Crippen LogP contribution is 2.44. The number of phenols is 2. The van der Waals surface area contributed by atoms with Crippen molar-refractivity contribution >= 4 is 22.9 Å². The molecule has 0 saturated heterocycles. The van der Waals surface area contributed by atoms with E-state index < -0.39 is 23.1 Å². The van der Waals surface area contributed by atoms with Gasteiger partial charge in [-0.25, -0.2) is 0 Å². The van der Waals surface area contributed by atoms with Crippen LogP contribution in [0.5, 0.6) is 11.5 Å². The van der Waals surface area contributed by atoms with Crippen LogP contribution in [0.25, 0.3) is 0 Å². The number of nitrogens with two attached hydrogens (primary N) is 1. The number of anilines is 2. The van der Waals surface area contributed by atoms with Crippen molar-refractivity contribution in [2.45, 2.75) is 0 Å². The van der Waals surface area contributed by atoms with Gasteiger partial charge in [-0.1, -0.05) is 0 Å². The van der Waals surface area contributed by atoms with Crippen LogP contribution in [0.2, 0.25) is 0 Å². The van der Waals surface area contributed by atoms with E-state index in [0.717, 1.165) is 12.2 Å². The first kappa shape index (κ1) is 11.0. The Morgan fingerprint density at radius 3 is 2.00 bits per heavy atom. The average Bonchev–Trinajstić information content (AvgIpc) is 2.30. The van der Waals surface area contributed by atoms with Gasteiger partial charge in [-0.15, -0.1) is 0 Å². The maximum Gasteiger partial charge on any atom is 0.190 e. The molecule has 0 radical (unpaired) electrons. The van der Waals surface area contributed by atoms with Crippen LogP contribution in [0.15, 0.2) is 12.2 Å². The van der Waals surface area contributed by atoms with Crippen molar-refractivity contribution in [1.29, 1.82) is 0 Å². The van der Waals surface area contributed by atoms with Crippen molar-refractivity contribution in [3.05, 3.63) is 23.3 Å². The van der Waals surface area contributed by atoms with E-state index in [1.54, 1.807) is 0 Å². The number of nitrogen functional groups attached to an aromatic ring is 1. The van der Waals surface area contributed by atoms with Crippen molar-refractivity contribution in [2.24, 2.45) is 0 Å². The van der Waals surface area contributed by atoms with Gasteiger partial charge in [-0.05, 0) is 12.2 Å². The smallest absolute Gasteiger partial charge is 0.190 e. The van der Waals surface area contributed by atoms with Crippen molar-refractivity contribution in [2.75, 3.05) is 18.1 Å². The number of hydrogen-bond acceptors (Lipinski definition) is 6. The Kier molecular flexibility index (Phi) is 2.27. The molecular weight excluding hydrogens is 224 g/mol. The summed E-state index contributed by atoms with van der Waals surface area (Å²) in [4.78, 5) is 23.2. The number of hydrogen-bond donors (Lipinski definition) is 4. The molecule has 0 unspecified atom stereocenters. The zero-order valence-electron chi connectivity index (χ0n) is 8.94. The number of carbonyl (C=O) groups excluding carboxylic acids is 2. The van der Waals surface area contributed by atoms with Crippen LogP contribution in [0.1, 0.15) is 20.7 Å². The molecule has 0 spiro atoms. The lowest BCUT2D eigenvalue weighted by molar-refractivity contribution is 0.0989. The number of phenolic OH excluding ortho intramolecular Hbond substituents is 2. The molecule has 0 amide bonds. The summed E-state index contributed by atoms with van der Waals surface area (Å²) in [5.74, 6) is -2.05. The third-order valence-corrected chi connectivity index (χ3v) is 2.61. The molecule has 17 heavy (non-hydrogen) atoms. The van der Waals surface area contributed by atoms with Crippen LogP contribution in [0.3, 0.4) is 0 Å². The number of fused-ring (bicyclic) bond motifs is 1. The van der Waals surface area contributed by atoms with Gasteiger partial charge < -0.3 is 21.3 Å². The predicted molar refractivity (Wildman–Crippen MR) is 61.5 cm³/mol. The summed E-state index contributed by atoms with van der Waals surface area (Å²) in [6, 6.07) is 0. The minimum atomic E-state index is -0.568. The number of ketones is 2. The quantitative estimate of drug-likeness (QED) is 0.322. The summed E-state index contributed by atoms with van der Waals surface area (Å²) in [5.41, 5.74) is 4.94. The van der Waals surface area contributed by atoms with E-state index in [1.807, 2.05) is 0 Å². The number of allylic oxidation sites excluding steroid dienone is 2. The zero-order valence-corrected chi connectivity index (χ0v) is 8.94. The Labute approximate surface area is 96.4 Å². The highest BCUT2D eigenvalue weighted by atomic mass is 16.3. The van der Waals surface area contributed by atoms with E-state index in [9.17, 15) is 19.8 Å². The first-order valence-electron chi connectivity index (χ1n) is 4.80. The van der Waals surface area contributed by atoms with Crippen LogP contribution < -0.4 is 11.1 Å². The van der Waals surface area contributed by atoms with Gasteiger partial charge >= 0.3 is 0 Å². The van der Waals surface area contributed by atoms with Gasteiger partial charge in [-0.2, -0.15) is 0 Å². The molecule has 1 aromatic carbocycles. The molecule has 0 aliphatic heterocycles. The zero-order chi connectivity index (χ0) is 12.7. The summed E-state index contributed by atoms with van der Waals surface area (Å²) >= 11 is 0. The van der Waals surface area contributed by atoms with Gasteiger partial charge in [0.2, 0.25) is 0 Å². The second-order valence-electron chi connectivity index (χ2n) is 3.55. The molecule has 0 bridgehead atoms. The second kappa shape index (κ2) is 3.51. The molecule has 1 aliphatic carbocycles. The van der Waals surface area contributed by atoms with Gasteiger partial charge in [0.15, 0.2) is 23.1 Å². The van der Waals surface area contributed by atoms with Crippen LogP contribution in [0.4, 0.5) is 11.4 Å². The molecular formula is C11H10N2O4. The van der Waals surface area contributed by atoms with Gasteiger partial charge in [-0.3, -0.25) is 9.59 Å². The molecule has 88 valence electrons. The predicted octanol–water partition coefficient (Wildman–Crippen LogP) is 0.657. The van der Waals surface area contributed by atoms with E-state index in [-0.39, 0.29) is 22.5 Å². The number of nitrogens with one attached hydrogen (secondary N) is 1. The standard InChI is InChI=1S/C11H10N2O4/c1-13-9-8(12)10(16)6-4(14)2-3-5(15)7(6)11(9)17/h2-3,13,16-17H,12H2,1H3. The Balaban J connectivity index is 2.91. The Morgan fingerprint density at radius 2 is 1.53 bits per heavy atom. The Bertz CT molecular complexity index is 576. The molecule has 0 aromatic heterocycles. The van der Waals surface area contributed by atoms with Crippen molar-refractivity contribution < 1.29 is 19.8 Å². The summed E-state index contributed by atoms with van der Waals surface area (Å²) in [7, 11) is 1.47. The molecule has 5 N–H and O–H groups in total. The molecule has 0 heterocycles. The number of aromatic hydroxyl groups is 2. The first-order chi connectivity index (χ1) is 7.99. The lowest BCUT2D eigenvalue weighted by Gasteiger charge is -2.18. The summed E-state index contributed by atoms with van der Waals surface area (Å²) in [6.45, 7) is 0. The van der Waals surface area contributed by atoms with Gasteiger partial charge in [0.25, 0.3) is 0 Å². The molecule has 0 saturated carbocycles. The van der Waals surface area contributed by atoms with Gasteiger partial charge in [0.1, 0.15) is 11.4 Å². The highest BCUT2D eigenvalue weighted by molar-refractivity contribution is 6.26.